The third-order valence-electron chi connectivity index (χ3n) is 6.07. The lowest BCUT2D eigenvalue weighted by molar-refractivity contribution is -0.132. The number of carbonyl (C=O) groups is 2. The molecule has 0 spiro atoms. The minimum atomic E-state index is -3.54. The minimum Gasteiger partial charge on any atom is -0.353 e. The summed E-state index contributed by atoms with van der Waals surface area (Å²) in [7, 11) is -3.54. The lowest BCUT2D eigenvalue weighted by atomic mass is 10.0. The number of hydrogen-bond donors (Lipinski definition) is 1. The molecule has 1 aromatic rings. The van der Waals surface area contributed by atoms with Crippen LogP contribution in [0.3, 0.4) is 0 Å². The second kappa shape index (κ2) is 8.30. The molecule has 2 aliphatic heterocycles. The van der Waals surface area contributed by atoms with E-state index in [4.69, 9.17) is 0 Å². The average molecular weight is 436 g/mol. The van der Waals surface area contributed by atoms with Gasteiger partial charge in [0.1, 0.15) is 0 Å². The summed E-state index contributed by atoms with van der Waals surface area (Å²) in [5.41, 5.74) is 1.36. The molecular weight excluding hydrogens is 402 g/mol. The monoisotopic (exact) mass is 435 g/mol. The predicted molar refractivity (Wildman–Crippen MR) is 115 cm³/mol. The van der Waals surface area contributed by atoms with Gasteiger partial charge in [0.05, 0.1) is 10.8 Å². The van der Waals surface area contributed by atoms with E-state index in [-0.39, 0.29) is 35.7 Å². The van der Waals surface area contributed by atoms with Gasteiger partial charge in [0.15, 0.2) is 0 Å². The fourth-order valence-corrected chi connectivity index (χ4v) is 5.99. The highest BCUT2D eigenvalue weighted by Crippen LogP contribution is 2.27. The van der Waals surface area contributed by atoms with Gasteiger partial charge < -0.3 is 10.2 Å². The second-order valence-electron chi connectivity index (χ2n) is 9.53. The number of likely N-dealkylation sites (tertiary alicyclic amines) is 1. The number of rotatable bonds is 4. The van der Waals surface area contributed by atoms with Crippen LogP contribution in [0.25, 0.3) is 0 Å². The zero-order valence-corrected chi connectivity index (χ0v) is 19.4. The van der Waals surface area contributed by atoms with Crippen molar-refractivity contribution in [3.8, 4) is 0 Å². The molecule has 30 heavy (non-hydrogen) atoms. The molecule has 2 saturated heterocycles. The third-order valence-corrected chi connectivity index (χ3v) is 8.11. The first-order valence-electron chi connectivity index (χ1n) is 10.6. The molecule has 0 bridgehead atoms. The quantitative estimate of drug-likeness (QED) is 0.786. The number of nitrogens with one attached hydrogen (secondary N) is 1. The first kappa shape index (κ1) is 22.7. The van der Waals surface area contributed by atoms with E-state index in [1.807, 2.05) is 46.8 Å². The molecule has 1 unspecified atom stereocenters. The van der Waals surface area contributed by atoms with E-state index in [1.165, 1.54) is 4.31 Å². The summed E-state index contributed by atoms with van der Waals surface area (Å²) >= 11 is 0. The molecular formula is C22H33N3O4S. The molecule has 0 aromatic heterocycles. The van der Waals surface area contributed by atoms with Crippen molar-refractivity contribution >= 4 is 21.8 Å². The zero-order chi connectivity index (χ0) is 22.3. The summed E-state index contributed by atoms with van der Waals surface area (Å²) in [5.74, 6) is -0.434. The Morgan fingerprint density at radius 3 is 2.33 bits per heavy atom. The van der Waals surface area contributed by atoms with Crippen molar-refractivity contribution in [1.29, 1.82) is 0 Å². The Balaban J connectivity index is 1.58. The molecule has 7 nitrogen and oxygen atoms in total. The third kappa shape index (κ3) is 4.70. The van der Waals surface area contributed by atoms with Gasteiger partial charge in [0.2, 0.25) is 21.8 Å². The van der Waals surface area contributed by atoms with Crippen molar-refractivity contribution in [1.82, 2.24) is 14.5 Å². The number of nitrogens with zero attached hydrogens (tertiary/aromatic N) is 2. The van der Waals surface area contributed by atoms with Crippen LogP contribution in [-0.4, -0.2) is 60.7 Å². The van der Waals surface area contributed by atoms with Crippen molar-refractivity contribution in [2.75, 3.05) is 19.6 Å². The average Bonchev–Trinajstić information content (AvgIpc) is 3.06. The van der Waals surface area contributed by atoms with E-state index >= 15 is 0 Å². The number of aryl methyl sites for hydroxylation is 2. The number of hydrogen-bond acceptors (Lipinski definition) is 4. The van der Waals surface area contributed by atoms with Gasteiger partial charge in [-0.15, -0.1) is 0 Å². The molecule has 2 heterocycles. The zero-order valence-electron chi connectivity index (χ0n) is 18.6. The van der Waals surface area contributed by atoms with Gasteiger partial charge in [0.25, 0.3) is 0 Å². The highest BCUT2D eigenvalue weighted by atomic mass is 32.2. The number of benzene rings is 1. The first-order chi connectivity index (χ1) is 13.9. The van der Waals surface area contributed by atoms with Crippen LogP contribution in [0.4, 0.5) is 0 Å². The van der Waals surface area contributed by atoms with Gasteiger partial charge in [0, 0.05) is 37.6 Å². The van der Waals surface area contributed by atoms with Gasteiger partial charge in [-0.25, -0.2) is 8.42 Å². The molecule has 0 radical (unpaired) electrons. The molecule has 1 atom stereocenters. The maximum atomic E-state index is 13.1. The Bertz CT molecular complexity index is 928. The van der Waals surface area contributed by atoms with E-state index < -0.39 is 10.0 Å². The molecule has 2 aliphatic rings. The van der Waals surface area contributed by atoms with Crippen LogP contribution in [0.2, 0.25) is 0 Å². The minimum absolute atomic E-state index is 0.0112. The Hall–Kier alpha value is -1.93. The van der Waals surface area contributed by atoms with Crippen molar-refractivity contribution in [2.24, 2.45) is 5.92 Å². The smallest absolute Gasteiger partial charge is 0.243 e. The van der Waals surface area contributed by atoms with Crippen molar-refractivity contribution < 1.29 is 18.0 Å². The number of sulfonamides is 1. The van der Waals surface area contributed by atoms with E-state index in [0.717, 1.165) is 11.1 Å². The fraction of sp³-hybridized carbons (Fsp3) is 0.636. The molecule has 1 aromatic carbocycles. The van der Waals surface area contributed by atoms with Gasteiger partial charge >= 0.3 is 0 Å². The Labute approximate surface area is 179 Å². The van der Waals surface area contributed by atoms with Crippen molar-refractivity contribution in [2.45, 2.75) is 70.4 Å². The summed E-state index contributed by atoms with van der Waals surface area (Å²) < 4.78 is 27.6. The van der Waals surface area contributed by atoms with Crippen LogP contribution < -0.4 is 5.32 Å². The molecule has 1 N–H and O–H groups in total. The topological polar surface area (TPSA) is 86.8 Å². The van der Waals surface area contributed by atoms with Crippen molar-refractivity contribution in [3.05, 3.63) is 29.3 Å². The Morgan fingerprint density at radius 2 is 1.77 bits per heavy atom. The van der Waals surface area contributed by atoms with E-state index in [0.29, 0.717) is 37.4 Å². The maximum Gasteiger partial charge on any atom is 0.243 e. The fourth-order valence-electron chi connectivity index (χ4n) is 4.22. The predicted octanol–water partition coefficient (Wildman–Crippen LogP) is 2.22. The van der Waals surface area contributed by atoms with Crippen LogP contribution >= 0.6 is 0 Å². The Kier molecular flexibility index (Phi) is 6.30. The van der Waals surface area contributed by atoms with Crippen LogP contribution in [-0.2, 0) is 19.6 Å². The molecule has 2 fully saturated rings. The maximum absolute atomic E-state index is 13.1. The molecule has 3 rings (SSSR count). The summed E-state index contributed by atoms with van der Waals surface area (Å²) in [5, 5.41) is 3.05. The van der Waals surface area contributed by atoms with Crippen LogP contribution in [0, 0.1) is 19.8 Å². The summed E-state index contributed by atoms with van der Waals surface area (Å²) in [4.78, 5) is 27.1. The van der Waals surface area contributed by atoms with Crippen LogP contribution in [0.15, 0.2) is 23.1 Å². The molecule has 166 valence electrons. The van der Waals surface area contributed by atoms with Gasteiger partial charge in [-0.2, -0.15) is 4.31 Å². The van der Waals surface area contributed by atoms with E-state index in [1.54, 1.807) is 11.0 Å². The lowest BCUT2D eigenvalue weighted by Crippen LogP contribution is -2.48. The molecule has 0 saturated carbocycles. The van der Waals surface area contributed by atoms with Gasteiger partial charge in [-0.05, 0) is 64.7 Å². The Morgan fingerprint density at radius 1 is 1.13 bits per heavy atom. The molecule has 8 heteroatoms. The molecule has 0 aliphatic carbocycles. The van der Waals surface area contributed by atoms with Gasteiger partial charge in [-0.1, -0.05) is 12.1 Å². The summed E-state index contributed by atoms with van der Waals surface area (Å²) in [6.45, 7) is 10.8. The number of amides is 2. The van der Waals surface area contributed by atoms with Gasteiger partial charge in [-0.3, -0.25) is 9.59 Å². The highest BCUT2D eigenvalue weighted by Gasteiger charge is 2.40. The highest BCUT2D eigenvalue weighted by molar-refractivity contribution is 7.89. The summed E-state index contributed by atoms with van der Waals surface area (Å²) in [6.07, 6.45) is 1.38. The van der Waals surface area contributed by atoms with Crippen LogP contribution in [0.5, 0.6) is 0 Å². The standard InChI is InChI=1S/C22H33N3O4S/c1-15-6-7-16(2)19(12-15)30(28,29)24-10-8-18(9-11-24)23-21(27)17-13-20(26)25(14-17)22(3,4)5/h6-7,12,17-18H,8-11,13-14H2,1-5H3,(H,23,27). The van der Waals surface area contributed by atoms with Crippen LogP contribution in [0.1, 0.15) is 51.2 Å². The number of carbonyl (C=O) groups excluding carboxylic acids is 2. The van der Waals surface area contributed by atoms with Crippen molar-refractivity contribution in [3.63, 3.8) is 0 Å². The number of piperidine rings is 1. The van der Waals surface area contributed by atoms with E-state index in [9.17, 15) is 18.0 Å². The SMILES string of the molecule is Cc1ccc(C)c(S(=O)(=O)N2CCC(NC(=O)C3CC(=O)N(C(C)(C)C)C3)CC2)c1. The largest absolute Gasteiger partial charge is 0.353 e. The summed E-state index contributed by atoms with van der Waals surface area (Å²) in [6, 6.07) is 5.39. The lowest BCUT2D eigenvalue weighted by Gasteiger charge is -2.33. The van der Waals surface area contributed by atoms with E-state index in [2.05, 4.69) is 5.32 Å². The second-order valence-corrected chi connectivity index (χ2v) is 11.4. The first-order valence-corrected chi connectivity index (χ1v) is 12.0. The normalized spacial score (nSPS) is 21.8. The molecule has 2 amide bonds.